The quantitative estimate of drug-likeness (QED) is 0.811. The fraction of sp³-hybridized carbons (Fsp3) is 0.917. The lowest BCUT2D eigenvalue weighted by Gasteiger charge is -2.33. The summed E-state index contributed by atoms with van der Waals surface area (Å²) in [7, 11) is 1.64. The molecule has 0 heterocycles. The number of nitrogens with one attached hydrogen (secondary N) is 1. The van der Waals surface area contributed by atoms with Crippen LogP contribution in [0.3, 0.4) is 0 Å². The van der Waals surface area contributed by atoms with Crippen LogP contribution in [0.4, 0.5) is 0 Å². The summed E-state index contributed by atoms with van der Waals surface area (Å²) < 4.78 is 5.25. The van der Waals surface area contributed by atoms with Gasteiger partial charge in [-0.2, -0.15) is 0 Å². The lowest BCUT2D eigenvalue weighted by Crippen LogP contribution is -2.57. The molecule has 1 aliphatic rings. The molecule has 0 aromatic rings. The molecule has 1 saturated carbocycles. The average molecular weight is 265 g/mol. The molecule has 1 aliphatic carbocycles. The molecule has 0 aromatic heterocycles. The van der Waals surface area contributed by atoms with E-state index in [2.05, 4.69) is 5.32 Å². The predicted molar refractivity (Wildman–Crippen MR) is 71.3 cm³/mol. The number of hydrogen-bond donors (Lipinski definition) is 2. The average Bonchev–Trinajstić information content (AvgIpc) is 2.27. The van der Waals surface area contributed by atoms with E-state index in [1.807, 2.05) is 13.8 Å². The molecular formula is C12H25ClN2O2. The van der Waals surface area contributed by atoms with Crippen molar-refractivity contribution in [1.29, 1.82) is 0 Å². The van der Waals surface area contributed by atoms with E-state index in [4.69, 9.17) is 10.5 Å². The predicted octanol–water partition coefficient (Wildman–Crippen LogP) is 1.61. The third-order valence-corrected chi connectivity index (χ3v) is 3.43. The molecule has 3 N–H and O–H groups in total. The maximum Gasteiger partial charge on any atom is 0.240 e. The van der Waals surface area contributed by atoms with Crippen LogP contribution >= 0.6 is 12.4 Å². The van der Waals surface area contributed by atoms with Gasteiger partial charge in [0.25, 0.3) is 0 Å². The number of hydrogen-bond acceptors (Lipinski definition) is 3. The molecule has 1 rings (SSSR count). The first-order valence-electron chi connectivity index (χ1n) is 6.02. The van der Waals surface area contributed by atoms with Crippen LogP contribution < -0.4 is 11.1 Å². The van der Waals surface area contributed by atoms with Gasteiger partial charge in [-0.05, 0) is 26.7 Å². The smallest absolute Gasteiger partial charge is 0.240 e. The molecule has 0 aliphatic heterocycles. The summed E-state index contributed by atoms with van der Waals surface area (Å²) in [6.45, 7) is 4.38. The van der Waals surface area contributed by atoms with Crippen LogP contribution in [0.2, 0.25) is 0 Å². The van der Waals surface area contributed by atoms with Crippen LogP contribution in [0.15, 0.2) is 0 Å². The molecule has 0 atom stereocenters. The minimum Gasteiger partial charge on any atom is -0.377 e. The highest BCUT2D eigenvalue weighted by molar-refractivity contribution is 5.86. The van der Waals surface area contributed by atoms with Gasteiger partial charge < -0.3 is 15.8 Å². The summed E-state index contributed by atoms with van der Waals surface area (Å²) >= 11 is 0. The molecule has 5 heteroatoms. The summed E-state index contributed by atoms with van der Waals surface area (Å²) in [6.07, 6.45) is 4.89. The molecule has 4 nitrogen and oxygen atoms in total. The Bertz CT molecular complexity index is 251. The Morgan fingerprint density at radius 3 is 2.35 bits per heavy atom. The zero-order chi connectivity index (χ0) is 12.2. The van der Waals surface area contributed by atoms with Gasteiger partial charge in [-0.1, -0.05) is 19.3 Å². The first kappa shape index (κ1) is 16.7. The van der Waals surface area contributed by atoms with Crippen LogP contribution in [-0.4, -0.2) is 30.7 Å². The van der Waals surface area contributed by atoms with E-state index >= 15 is 0 Å². The Morgan fingerprint density at radius 2 is 1.88 bits per heavy atom. The molecule has 0 saturated heterocycles. The van der Waals surface area contributed by atoms with E-state index in [9.17, 15) is 4.79 Å². The minimum absolute atomic E-state index is 0. The molecule has 0 bridgehead atoms. The van der Waals surface area contributed by atoms with Gasteiger partial charge in [0, 0.05) is 13.7 Å². The van der Waals surface area contributed by atoms with Crippen molar-refractivity contribution in [2.24, 2.45) is 5.73 Å². The van der Waals surface area contributed by atoms with E-state index in [1.165, 1.54) is 6.42 Å². The number of carbonyl (C=O) groups excluding carboxylic acids is 1. The standard InChI is InChI=1S/C12H24N2O2.ClH/c1-11(2,16-3)9-14-10(15)12(13)7-5-4-6-8-12;/h4-9,13H2,1-3H3,(H,14,15);1H. The summed E-state index contributed by atoms with van der Waals surface area (Å²) in [5, 5.41) is 2.90. The van der Waals surface area contributed by atoms with Crippen LogP contribution in [0.5, 0.6) is 0 Å². The van der Waals surface area contributed by atoms with Gasteiger partial charge in [-0.3, -0.25) is 4.79 Å². The zero-order valence-corrected chi connectivity index (χ0v) is 11.9. The van der Waals surface area contributed by atoms with Gasteiger partial charge in [-0.15, -0.1) is 12.4 Å². The van der Waals surface area contributed by atoms with Crippen LogP contribution in [0.1, 0.15) is 46.0 Å². The number of ether oxygens (including phenoxy) is 1. The second-order valence-corrected chi connectivity index (χ2v) is 5.36. The summed E-state index contributed by atoms with van der Waals surface area (Å²) in [6, 6.07) is 0. The van der Waals surface area contributed by atoms with E-state index in [1.54, 1.807) is 7.11 Å². The van der Waals surface area contributed by atoms with Crippen molar-refractivity contribution in [3.05, 3.63) is 0 Å². The fourth-order valence-electron chi connectivity index (χ4n) is 1.95. The van der Waals surface area contributed by atoms with Gasteiger partial charge in [0.2, 0.25) is 5.91 Å². The molecule has 1 fully saturated rings. The monoisotopic (exact) mass is 264 g/mol. The van der Waals surface area contributed by atoms with Crippen molar-refractivity contribution < 1.29 is 9.53 Å². The van der Waals surface area contributed by atoms with E-state index in [0.29, 0.717) is 6.54 Å². The van der Waals surface area contributed by atoms with Crippen molar-refractivity contribution >= 4 is 18.3 Å². The summed E-state index contributed by atoms with van der Waals surface area (Å²) in [5.41, 5.74) is 5.14. The highest BCUT2D eigenvalue weighted by atomic mass is 35.5. The second kappa shape index (κ2) is 6.57. The van der Waals surface area contributed by atoms with Crippen molar-refractivity contribution in [2.45, 2.75) is 57.1 Å². The molecule has 0 radical (unpaired) electrons. The van der Waals surface area contributed by atoms with E-state index in [0.717, 1.165) is 25.7 Å². The Labute approximate surface area is 110 Å². The Balaban J connectivity index is 0.00000256. The van der Waals surface area contributed by atoms with Crippen LogP contribution in [0, 0.1) is 0 Å². The maximum atomic E-state index is 12.0. The first-order chi connectivity index (χ1) is 7.40. The maximum absolute atomic E-state index is 12.0. The number of amides is 1. The number of rotatable bonds is 4. The molecule has 0 unspecified atom stereocenters. The third kappa shape index (κ3) is 4.82. The molecule has 17 heavy (non-hydrogen) atoms. The number of methoxy groups -OCH3 is 1. The van der Waals surface area contributed by atoms with Crippen LogP contribution in [-0.2, 0) is 9.53 Å². The lowest BCUT2D eigenvalue weighted by molar-refractivity contribution is -0.128. The molecule has 0 aromatic carbocycles. The van der Waals surface area contributed by atoms with Crippen molar-refractivity contribution in [2.75, 3.05) is 13.7 Å². The van der Waals surface area contributed by atoms with Gasteiger partial charge >= 0.3 is 0 Å². The van der Waals surface area contributed by atoms with Gasteiger partial charge in [0.15, 0.2) is 0 Å². The number of nitrogens with two attached hydrogens (primary N) is 1. The Hall–Kier alpha value is -0.320. The first-order valence-corrected chi connectivity index (χ1v) is 6.02. The summed E-state index contributed by atoms with van der Waals surface area (Å²) in [4.78, 5) is 12.0. The zero-order valence-electron chi connectivity index (χ0n) is 11.0. The molecular weight excluding hydrogens is 240 g/mol. The fourth-order valence-corrected chi connectivity index (χ4v) is 1.95. The number of carbonyl (C=O) groups is 1. The van der Waals surface area contributed by atoms with E-state index in [-0.39, 0.29) is 23.9 Å². The van der Waals surface area contributed by atoms with Crippen molar-refractivity contribution in [3.8, 4) is 0 Å². The second-order valence-electron chi connectivity index (χ2n) is 5.36. The van der Waals surface area contributed by atoms with E-state index < -0.39 is 5.54 Å². The Morgan fingerprint density at radius 1 is 1.35 bits per heavy atom. The van der Waals surface area contributed by atoms with Crippen molar-refractivity contribution in [3.63, 3.8) is 0 Å². The normalized spacial score (nSPS) is 19.3. The highest BCUT2D eigenvalue weighted by Crippen LogP contribution is 2.26. The van der Waals surface area contributed by atoms with Crippen LogP contribution in [0.25, 0.3) is 0 Å². The molecule has 102 valence electrons. The summed E-state index contributed by atoms with van der Waals surface area (Å²) in [5.74, 6) is -0.0303. The van der Waals surface area contributed by atoms with Gasteiger partial charge in [0.1, 0.15) is 0 Å². The highest BCUT2D eigenvalue weighted by Gasteiger charge is 2.35. The SMILES string of the molecule is COC(C)(C)CNC(=O)C1(N)CCCCC1.Cl. The topological polar surface area (TPSA) is 64.3 Å². The number of halogens is 1. The Kier molecular flexibility index (Phi) is 6.45. The van der Waals surface area contributed by atoms with Gasteiger partial charge in [0.05, 0.1) is 11.1 Å². The third-order valence-electron chi connectivity index (χ3n) is 3.43. The molecule has 0 spiro atoms. The van der Waals surface area contributed by atoms with Gasteiger partial charge in [-0.25, -0.2) is 0 Å². The largest absolute Gasteiger partial charge is 0.377 e. The lowest BCUT2D eigenvalue weighted by atomic mass is 9.82. The molecule has 1 amide bonds. The minimum atomic E-state index is -0.651. The van der Waals surface area contributed by atoms with Crippen molar-refractivity contribution in [1.82, 2.24) is 5.32 Å².